The number of rotatable bonds is 0. The van der Waals surface area contributed by atoms with Gasteiger partial charge in [0, 0.05) is 12.0 Å². The van der Waals surface area contributed by atoms with E-state index < -0.39 is 0 Å². The Bertz CT molecular complexity index is 377. The van der Waals surface area contributed by atoms with Crippen LogP contribution in [0.1, 0.15) is 40.0 Å². The van der Waals surface area contributed by atoms with Crippen molar-refractivity contribution in [3.8, 4) is 0 Å². The number of hydrogen-bond acceptors (Lipinski definition) is 1. The van der Waals surface area contributed by atoms with Gasteiger partial charge in [0.25, 0.3) is 0 Å². The van der Waals surface area contributed by atoms with Gasteiger partial charge in [-0.05, 0) is 42.4 Å². The molecule has 3 aliphatic rings. The van der Waals surface area contributed by atoms with Gasteiger partial charge < -0.3 is 5.73 Å². The molecule has 0 radical (unpaired) electrons. The van der Waals surface area contributed by atoms with E-state index in [1.54, 1.807) is 5.57 Å². The molecule has 5 unspecified atom stereocenters. The molecule has 0 bridgehead atoms. The lowest BCUT2D eigenvalue weighted by Gasteiger charge is -2.36. The van der Waals surface area contributed by atoms with Crippen molar-refractivity contribution in [1.82, 2.24) is 0 Å². The molecule has 3 aliphatic carbocycles. The fraction of sp³-hybridized carbons (Fsp3) is 0.750. The van der Waals surface area contributed by atoms with E-state index >= 15 is 0 Å². The van der Waals surface area contributed by atoms with E-state index in [4.69, 9.17) is 5.73 Å². The Hall–Kier alpha value is -0.560. The molecule has 0 aromatic heterocycles. The average Bonchev–Trinajstić information content (AvgIpc) is 2.49. The molecule has 0 aromatic rings. The van der Waals surface area contributed by atoms with Gasteiger partial charge in [-0.25, -0.2) is 0 Å². The van der Waals surface area contributed by atoms with Gasteiger partial charge >= 0.3 is 0 Å². The molecular formula is C16H25N. The molecule has 3 rings (SSSR count). The van der Waals surface area contributed by atoms with E-state index in [0.29, 0.717) is 11.3 Å². The maximum Gasteiger partial charge on any atom is 0.0293 e. The highest BCUT2D eigenvalue weighted by Crippen LogP contribution is 2.60. The van der Waals surface area contributed by atoms with Crippen LogP contribution in [0.4, 0.5) is 0 Å². The van der Waals surface area contributed by atoms with Crippen LogP contribution < -0.4 is 5.73 Å². The molecule has 0 aromatic carbocycles. The van der Waals surface area contributed by atoms with Crippen molar-refractivity contribution in [2.75, 3.05) is 0 Å². The van der Waals surface area contributed by atoms with E-state index in [1.165, 1.54) is 19.3 Å². The maximum atomic E-state index is 6.37. The molecule has 2 N–H and O–H groups in total. The molecule has 94 valence electrons. The van der Waals surface area contributed by atoms with Crippen LogP contribution in [0.25, 0.3) is 0 Å². The fourth-order valence-corrected chi connectivity index (χ4v) is 4.67. The van der Waals surface area contributed by atoms with Crippen LogP contribution in [0.2, 0.25) is 0 Å². The van der Waals surface area contributed by atoms with Crippen LogP contribution in [-0.2, 0) is 0 Å². The highest BCUT2D eigenvalue weighted by molar-refractivity contribution is 5.31. The fourth-order valence-electron chi connectivity index (χ4n) is 4.67. The largest absolute Gasteiger partial charge is 0.324 e. The SMILES string of the molecule is CC1C=C2C3C(N)C=CCC3C(C)(C)C2CC1. The molecule has 0 saturated heterocycles. The first-order valence-corrected chi connectivity index (χ1v) is 7.15. The first-order chi connectivity index (χ1) is 8.01. The Labute approximate surface area is 105 Å². The zero-order valence-corrected chi connectivity index (χ0v) is 11.3. The van der Waals surface area contributed by atoms with Crippen molar-refractivity contribution in [2.24, 2.45) is 34.8 Å². The monoisotopic (exact) mass is 231 g/mol. The van der Waals surface area contributed by atoms with Gasteiger partial charge in [0.1, 0.15) is 0 Å². The Balaban J connectivity index is 2.06. The lowest BCUT2D eigenvalue weighted by atomic mass is 9.69. The van der Waals surface area contributed by atoms with Gasteiger partial charge in [-0.3, -0.25) is 0 Å². The Kier molecular flexibility index (Phi) is 2.52. The van der Waals surface area contributed by atoms with Gasteiger partial charge in [0.15, 0.2) is 0 Å². The summed E-state index contributed by atoms with van der Waals surface area (Å²) in [7, 11) is 0. The normalized spacial score (nSPS) is 47.3. The lowest BCUT2D eigenvalue weighted by molar-refractivity contribution is 0.153. The topological polar surface area (TPSA) is 26.0 Å². The number of hydrogen-bond donors (Lipinski definition) is 1. The second-order valence-electron chi connectivity index (χ2n) is 6.97. The smallest absolute Gasteiger partial charge is 0.0293 e. The van der Waals surface area contributed by atoms with Crippen molar-refractivity contribution < 1.29 is 0 Å². The average molecular weight is 231 g/mol. The minimum atomic E-state index is 0.259. The van der Waals surface area contributed by atoms with Crippen molar-refractivity contribution in [3.63, 3.8) is 0 Å². The maximum absolute atomic E-state index is 6.37. The molecule has 0 amide bonds. The summed E-state index contributed by atoms with van der Waals surface area (Å²) in [5.74, 6) is 2.94. The number of fused-ring (bicyclic) bond motifs is 3. The molecule has 0 aliphatic heterocycles. The molecule has 1 saturated carbocycles. The summed E-state index contributed by atoms with van der Waals surface area (Å²) < 4.78 is 0. The first kappa shape index (κ1) is 11.5. The number of nitrogens with two attached hydrogens (primary N) is 1. The van der Waals surface area contributed by atoms with Gasteiger partial charge in [0.05, 0.1) is 0 Å². The van der Waals surface area contributed by atoms with Crippen LogP contribution in [0.3, 0.4) is 0 Å². The molecule has 1 heteroatoms. The first-order valence-electron chi connectivity index (χ1n) is 7.15. The molecule has 0 heterocycles. The van der Waals surface area contributed by atoms with Gasteiger partial charge in [-0.15, -0.1) is 0 Å². The second-order valence-corrected chi connectivity index (χ2v) is 6.97. The minimum absolute atomic E-state index is 0.259. The van der Waals surface area contributed by atoms with E-state index in [2.05, 4.69) is 39.0 Å². The van der Waals surface area contributed by atoms with Crippen molar-refractivity contribution in [1.29, 1.82) is 0 Å². The third-order valence-electron chi connectivity index (χ3n) is 5.63. The predicted octanol–water partition coefficient (Wildman–Crippen LogP) is 3.52. The Morgan fingerprint density at radius 3 is 2.82 bits per heavy atom. The molecule has 1 fully saturated rings. The molecule has 5 atom stereocenters. The summed E-state index contributed by atoms with van der Waals surface area (Å²) in [4.78, 5) is 0. The standard InChI is InChI=1S/C16H25N/c1-10-7-8-12-11(9-10)15-13(16(12,2)3)5-4-6-14(15)17/h4,6,9-10,12-15H,5,7-8,17H2,1-3H3. The highest BCUT2D eigenvalue weighted by Gasteiger charge is 2.54. The van der Waals surface area contributed by atoms with Crippen LogP contribution >= 0.6 is 0 Å². The van der Waals surface area contributed by atoms with E-state index in [9.17, 15) is 0 Å². The van der Waals surface area contributed by atoms with E-state index in [0.717, 1.165) is 17.8 Å². The lowest BCUT2D eigenvalue weighted by Crippen LogP contribution is -2.37. The summed E-state index contributed by atoms with van der Waals surface area (Å²) in [5.41, 5.74) is 8.51. The predicted molar refractivity (Wildman–Crippen MR) is 72.5 cm³/mol. The summed E-state index contributed by atoms with van der Waals surface area (Å²) in [6, 6.07) is 0.259. The zero-order valence-electron chi connectivity index (χ0n) is 11.3. The quantitative estimate of drug-likeness (QED) is 0.634. The van der Waals surface area contributed by atoms with Crippen molar-refractivity contribution >= 4 is 0 Å². The van der Waals surface area contributed by atoms with Gasteiger partial charge in [0.2, 0.25) is 0 Å². The van der Waals surface area contributed by atoms with Crippen LogP contribution in [-0.4, -0.2) is 6.04 Å². The summed E-state index contributed by atoms with van der Waals surface area (Å²) >= 11 is 0. The van der Waals surface area contributed by atoms with Crippen molar-refractivity contribution in [2.45, 2.75) is 46.1 Å². The van der Waals surface area contributed by atoms with E-state index in [-0.39, 0.29) is 6.04 Å². The molecular weight excluding hydrogens is 206 g/mol. The molecule has 0 spiro atoms. The summed E-state index contributed by atoms with van der Waals surface area (Å²) in [5, 5.41) is 0. The van der Waals surface area contributed by atoms with Crippen molar-refractivity contribution in [3.05, 3.63) is 23.8 Å². The van der Waals surface area contributed by atoms with Crippen LogP contribution in [0, 0.1) is 29.1 Å². The minimum Gasteiger partial charge on any atom is -0.324 e. The zero-order chi connectivity index (χ0) is 12.2. The molecule has 1 nitrogen and oxygen atoms in total. The van der Waals surface area contributed by atoms with Gasteiger partial charge in [-0.2, -0.15) is 0 Å². The summed E-state index contributed by atoms with van der Waals surface area (Å²) in [6.07, 6.45) is 11.1. The Morgan fingerprint density at radius 2 is 2.06 bits per heavy atom. The molecule has 17 heavy (non-hydrogen) atoms. The number of allylic oxidation sites excluding steroid dienone is 2. The van der Waals surface area contributed by atoms with Gasteiger partial charge in [-0.1, -0.05) is 44.6 Å². The second kappa shape index (κ2) is 3.71. The third-order valence-corrected chi connectivity index (χ3v) is 5.63. The highest BCUT2D eigenvalue weighted by atomic mass is 14.7. The van der Waals surface area contributed by atoms with Crippen LogP contribution in [0.5, 0.6) is 0 Å². The summed E-state index contributed by atoms with van der Waals surface area (Å²) in [6.45, 7) is 7.30. The van der Waals surface area contributed by atoms with E-state index in [1.807, 2.05) is 0 Å². The third kappa shape index (κ3) is 1.55. The Morgan fingerprint density at radius 1 is 1.29 bits per heavy atom. The van der Waals surface area contributed by atoms with Crippen LogP contribution in [0.15, 0.2) is 23.8 Å².